The average molecular weight is 453 g/mol. The molecule has 0 saturated heterocycles. The summed E-state index contributed by atoms with van der Waals surface area (Å²) >= 11 is 0. The smallest absolute Gasteiger partial charge is 0.264 e. The van der Waals surface area contributed by atoms with Gasteiger partial charge in [-0.25, -0.2) is 8.42 Å². The van der Waals surface area contributed by atoms with E-state index in [9.17, 15) is 13.2 Å². The lowest BCUT2D eigenvalue weighted by molar-refractivity contribution is -0.114. The molecule has 7 heteroatoms. The average Bonchev–Trinajstić information content (AvgIpc) is 2.75. The summed E-state index contributed by atoms with van der Waals surface area (Å²) in [6.45, 7) is 7.78. The molecule has 0 aromatic heterocycles. The van der Waals surface area contributed by atoms with Crippen molar-refractivity contribution >= 4 is 27.3 Å². The fraction of sp³-hybridized carbons (Fsp3) is 0.240. The minimum atomic E-state index is -3.99. The Morgan fingerprint density at radius 2 is 1.53 bits per heavy atom. The first-order chi connectivity index (χ1) is 15.2. The Balaban J connectivity index is 1.92. The van der Waals surface area contributed by atoms with Gasteiger partial charge in [0.2, 0.25) is 5.91 Å². The summed E-state index contributed by atoms with van der Waals surface area (Å²) in [4.78, 5) is 13.0. The van der Waals surface area contributed by atoms with Crippen molar-refractivity contribution < 1.29 is 17.9 Å². The molecule has 0 bridgehead atoms. The van der Waals surface area contributed by atoms with E-state index in [-0.39, 0.29) is 11.4 Å². The molecular formula is C25H28N2O4S. The number of sulfonamides is 1. The third-order valence-corrected chi connectivity index (χ3v) is 6.78. The highest BCUT2D eigenvalue weighted by molar-refractivity contribution is 7.92. The van der Waals surface area contributed by atoms with Gasteiger partial charge in [0.1, 0.15) is 12.3 Å². The van der Waals surface area contributed by atoms with Crippen LogP contribution in [0.3, 0.4) is 0 Å². The zero-order valence-corrected chi connectivity index (χ0v) is 19.6. The van der Waals surface area contributed by atoms with Crippen molar-refractivity contribution in [2.45, 2.75) is 32.6 Å². The van der Waals surface area contributed by atoms with Gasteiger partial charge < -0.3 is 10.1 Å². The number of hydrogen-bond acceptors (Lipinski definition) is 4. The maximum absolute atomic E-state index is 13.5. The van der Waals surface area contributed by atoms with Crippen LogP contribution in [0.15, 0.2) is 71.6 Å². The zero-order chi connectivity index (χ0) is 23.3. The van der Waals surface area contributed by atoms with E-state index in [4.69, 9.17) is 4.74 Å². The van der Waals surface area contributed by atoms with Crippen LogP contribution in [0.25, 0.3) is 0 Å². The van der Waals surface area contributed by atoms with Gasteiger partial charge in [-0.05, 0) is 75.7 Å². The minimum absolute atomic E-state index is 0.0841. The van der Waals surface area contributed by atoms with Gasteiger partial charge in [-0.3, -0.25) is 9.10 Å². The molecule has 0 fully saturated rings. The van der Waals surface area contributed by atoms with Crippen molar-refractivity contribution in [2.75, 3.05) is 22.8 Å². The van der Waals surface area contributed by atoms with Gasteiger partial charge in [-0.2, -0.15) is 0 Å². The van der Waals surface area contributed by atoms with Crippen LogP contribution < -0.4 is 14.4 Å². The lowest BCUT2D eigenvalue weighted by atomic mass is 10.1. The molecule has 0 spiro atoms. The van der Waals surface area contributed by atoms with E-state index in [1.54, 1.807) is 24.3 Å². The zero-order valence-electron chi connectivity index (χ0n) is 18.8. The van der Waals surface area contributed by atoms with Crippen molar-refractivity contribution in [2.24, 2.45) is 0 Å². The standard InChI is InChI=1S/C25H28N2O4S/c1-5-31-22-11-13-23(14-12-22)32(29,30)27(21-9-6-18(2)7-10-21)17-25(28)26-24-15-8-19(3)16-20(24)4/h6-16H,5,17H2,1-4H3,(H,26,28). The predicted molar refractivity (Wildman–Crippen MR) is 128 cm³/mol. The Labute approximate surface area is 189 Å². The van der Waals surface area contributed by atoms with Crippen LogP contribution in [0.4, 0.5) is 11.4 Å². The van der Waals surface area contributed by atoms with Gasteiger partial charge >= 0.3 is 0 Å². The van der Waals surface area contributed by atoms with E-state index < -0.39 is 15.9 Å². The fourth-order valence-electron chi connectivity index (χ4n) is 3.30. The highest BCUT2D eigenvalue weighted by Crippen LogP contribution is 2.26. The Morgan fingerprint density at radius 3 is 2.12 bits per heavy atom. The van der Waals surface area contributed by atoms with E-state index >= 15 is 0 Å². The monoisotopic (exact) mass is 452 g/mol. The Bertz CT molecular complexity index is 1190. The second-order valence-electron chi connectivity index (χ2n) is 7.62. The lowest BCUT2D eigenvalue weighted by Crippen LogP contribution is -2.38. The number of ether oxygens (including phenoxy) is 1. The number of rotatable bonds is 8. The number of nitrogens with one attached hydrogen (secondary N) is 1. The number of amides is 1. The maximum Gasteiger partial charge on any atom is 0.264 e. The first kappa shape index (κ1) is 23.3. The van der Waals surface area contributed by atoms with Gasteiger partial charge in [-0.1, -0.05) is 35.4 Å². The number of carbonyl (C=O) groups excluding carboxylic acids is 1. The number of carbonyl (C=O) groups is 1. The van der Waals surface area contributed by atoms with E-state index in [0.29, 0.717) is 23.7 Å². The lowest BCUT2D eigenvalue weighted by Gasteiger charge is -2.24. The highest BCUT2D eigenvalue weighted by Gasteiger charge is 2.27. The summed E-state index contributed by atoms with van der Waals surface area (Å²) in [5.74, 6) is 0.160. The largest absolute Gasteiger partial charge is 0.494 e. The second-order valence-corrected chi connectivity index (χ2v) is 9.48. The first-order valence-corrected chi connectivity index (χ1v) is 11.8. The van der Waals surface area contributed by atoms with Crippen molar-refractivity contribution in [1.29, 1.82) is 0 Å². The van der Waals surface area contributed by atoms with E-state index in [1.807, 2.05) is 58.0 Å². The van der Waals surface area contributed by atoms with Gasteiger partial charge in [0.15, 0.2) is 0 Å². The molecule has 0 heterocycles. The normalized spacial score (nSPS) is 11.1. The SMILES string of the molecule is CCOc1ccc(S(=O)(=O)N(CC(=O)Nc2ccc(C)cc2C)c2ccc(C)cc2)cc1. The molecule has 1 N–H and O–H groups in total. The summed E-state index contributed by atoms with van der Waals surface area (Å²) < 4.78 is 33.5. The summed E-state index contributed by atoms with van der Waals surface area (Å²) in [7, 11) is -3.99. The van der Waals surface area contributed by atoms with Crippen LogP contribution in [-0.4, -0.2) is 27.5 Å². The molecule has 0 aliphatic rings. The molecule has 0 atom stereocenters. The van der Waals surface area contributed by atoms with E-state index in [0.717, 1.165) is 21.0 Å². The maximum atomic E-state index is 13.5. The fourth-order valence-corrected chi connectivity index (χ4v) is 4.72. The Morgan fingerprint density at radius 1 is 0.906 bits per heavy atom. The number of benzene rings is 3. The summed E-state index contributed by atoms with van der Waals surface area (Å²) in [6, 6.07) is 18.9. The van der Waals surface area contributed by atoms with Crippen LogP contribution in [0.5, 0.6) is 5.75 Å². The first-order valence-electron chi connectivity index (χ1n) is 10.4. The predicted octanol–water partition coefficient (Wildman–Crippen LogP) is 4.84. The summed E-state index contributed by atoms with van der Waals surface area (Å²) in [6.07, 6.45) is 0. The molecule has 32 heavy (non-hydrogen) atoms. The molecule has 6 nitrogen and oxygen atoms in total. The molecular weight excluding hydrogens is 424 g/mol. The van der Waals surface area contributed by atoms with Gasteiger partial charge in [0.05, 0.1) is 17.2 Å². The number of anilines is 2. The molecule has 3 aromatic carbocycles. The van der Waals surface area contributed by atoms with Crippen molar-refractivity contribution in [1.82, 2.24) is 0 Å². The number of hydrogen-bond donors (Lipinski definition) is 1. The molecule has 0 unspecified atom stereocenters. The molecule has 0 saturated carbocycles. The van der Waals surface area contributed by atoms with Crippen LogP contribution >= 0.6 is 0 Å². The third kappa shape index (κ3) is 5.48. The van der Waals surface area contributed by atoms with Crippen LogP contribution in [0, 0.1) is 20.8 Å². The molecule has 1 amide bonds. The van der Waals surface area contributed by atoms with E-state index in [1.165, 1.54) is 12.1 Å². The molecule has 0 aliphatic carbocycles. The van der Waals surface area contributed by atoms with Crippen LogP contribution in [0.2, 0.25) is 0 Å². The minimum Gasteiger partial charge on any atom is -0.494 e. The molecule has 168 valence electrons. The molecule has 3 aromatic rings. The quantitative estimate of drug-likeness (QED) is 0.530. The van der Waals surface area contributed by atoms with Crippen LogP contribution in [-0.2, 0) is 14.8 Å². The van der Waals surface area contributed by atoms with Crippen molar-refractivity contribution in [3.63, 3.8) is 0 Å². The van der Waals surface area contributed by atoms with Gasteiger partial charge in [0, 0.05) is 5.69 Å². The van der Waals surface area contributed by atoms with Gasteiger partial charge in [-0.15, -0.1) is 0 Å². The van der Waals surface area contributed by atoms with Crippen molar-refractivity contribution in [3.05, 3.63) is 83.4 Å². The molecule has 3 rings (SSSR count). The van der Waals surface area contributed by atoms with Gasteiger partial charge in [0.25, 0.3) is 10.0 Å². The van der Waals surface area contributed by atoms with E-state index in [2.05, 4.69) is 5.32 Å². The second kappa shape index (κ2) is 9.87. The topological polar surface area (TPSA) is 75.7 Å². The Hall–Kier alpha value is -3.32. The highest BCUT2D eigenvalue weighted by atomic mass is 32.2. The van der Waals surface area contributed by atoms with Crippen LogP contribution in [0.1, 0.15) is 23.6 Å². The summed E-state index contributed by atoms with van der Waals surface area (Å²) in [5.41, 5.74) is 4.06. The summed E-state index contributed by atoms with van der Waals surface area (Å²) in [5, 5.41) is 2.83. The molecule has 0 radical (unpaired) electrons. The van der Waals surface area contributed by atoms with Crippen molar-refractivity contribution in [3.8, 4) is 5.75 Å². The molecule has 0 aliphatic heterocycles. The number of nitrogens with zero attached hydrogens (tertiary/aromatic N) is 1. The Kier molecular flexibility index (Phi) is 7.20. The third-order valence-electron chi connectivity index (χ3n) is 4.99. The number of aryl methyl sites for hydroxylation is 3.